The van der Waals surface area contributed by atoms with E-state index < -0.39 is 6.10 Å². The van der Waals surface area contributed by atoms with Crippen molar-refractivity contribution < 1.29 is 9.90 Å². The Labute approximate surface area is 103 Å². The van der Waals surface area contributed by atoms with Crippen LogP contribution in [0.4, 0.5) is 0 Å². The van der Waals surface area contributed by atoms with Gasteiger partial charge in [-0.2, -0.15) is 0 Å². The van der Waals surface area contributed by atoms with Crippen LogP contribution in [0.15, 0.2) is 18.2 Å². The third kappa shape index (κ3) is 3.56. The van der Waals surface area contributed by atoms with Crippen LogP contribution < -0.4 is 5.32 Å². The van der Waals surface area contributed by atoms with Gasteiger partial charge in [0.2, 0.25) is 0 Å². The summed E-state index contributed by atoms with van der Waals surface area (Å²) >= 11 is 0. The van der Waals surface area contributed by atoms with Crippen molar-refractivity contribution in [3.8, 4) is 0 Å². The number of nitrogens with one attached hydrogen (secondary N) is 1. The molecule has 3 nitrogen and oxygen atoms in total. The number of carbonyl (C=O) groups excluding carboxylic acids is 1. The lowest BCUT2D eigenvalue weighted by Crippen LogP contribution is -2.35. The van der Waals surface area contributed by atoms with Gasteiger partial charge in [-0.05, 0) is 37.0 Å². The Morgan fingerprint density at radius 1 is 1.35 bits per heavy atom. The van der Waals surface area contributed by atoms with Crippen molar-refractivity contribution in [2.45, 2.75) is 33.8 Å². The minimum absolute atomic E-state index is 0.120. The molecule has 3 heteroatoms. The smallest absolute Gasteiger partial charge is 0.251 e. The lowest BCUT2D eigenvalue weighted by atomic mass is 10.0. The maximum Gasteiger partial charge on any atom is 0.251 e. The standard InChI is InChI=1S/C14H21NO2/c1-9(2)13(16)8-15-14(17)12-7-5-6-10(3)11(12)4/h5-7,9,13,16H,8H2,1-4H3,(H,15,17). The molecule has 0 aliphatic carbocycles. The molecule has 0 radical (unpaired) electrons. The van der Waals surface area contributed by atoms with Crippen LogP contribution in [0.3, 0.4) is 0 Å². The zero-order valence-corrected chi connectivity index (χ0v) is 10.9. The lowest BCUT2D eigenvalue weighted by molar-refractivity contribution is 0.0871. The molecule has 0 fully saturated rings. The van der Waals surface area contributed by atoms with Crippen molar-refractivity contribution in [2.75, 3.05) is 6.54 Å². The fourth-order valence-electron chi connectivity index (χ4n) is 1.53. The Hall–Kier alpha value is -1.35. The summed E-state index contributed by atoms with van der Waals surface area (Å²) < 4.78 is 0. The summed E-state index contributed by atoms with van der Waals surface area (Å²) in [6.45, 7) is 8.06. The molecule has 0 saturated heterocycles. The van der Waals surface area contributed by atoms with E-state index >= 15 is 0 Å². The summed E-state index contributed by atoms with van der Waals surface area (Å²) in [6.07, 6.45) is -0.496. The highest BCUT2D eigenvalue weighted by atomic mass is 16.3. The summed E-state index contributed by atoms with van der Waals surface area (Å²) in [5.74, 6) is 0.0276. The van der Waals surface area contributed by atoms with Crippen LogP contribution in [0.1, 0.15) is 35.3 Å². The third-order valence-electron chi connectivity index (χ3n) is 3.09. The largest absolute Gasteiger partial charge is 0.391 e. The third-order valence-corrected chi connectivity index (χ3v) is 3.09. The van der Waals surface area contributed by atoms with Crippen LogP contribution in [0.2, 0.25) is 0 Å². The number of hydrogen-bond donors (Lipinski definition) is 2. The van der Waals surface area contributed by atoms with E-state index in [9.17, 15) is 9.90 Å². The summed E-state index contributed by atoms with van der Waals surface area (Å²) in [6, 6.07) is 5.66. The van der Waals surface area contributed by atoms with Crippen LogP contribution in [0, 0.1) is 19.8 Å². The number of aliphatic hydroxyl groups excluding tert-OH is 1. The highest BCUT2D eigenvalue weighted by Crippen LogP contribution is 2.12. The number of rotatable bonds is 4. The topological polar surface area (TPSA) is 49.3 Å². The van der Waals surface area contributed by atoms with Gasteiger partial charge < -0.3 is 10.4 Å². The number of aryl methyl sites for hydroxylation is 1. The van der Waals surface area contributed by atoms with Gasteiger partial charge in [-0.25, -0.2) is 0 Å². The molecule has 1 atom stereocenters. The molecule has 0 spiro atoms. The fourth-order valence-corrected chi connectivity index (χ4v) is 1.53. The maximum atomic E-state index is 11.9. The Kier molecular flexibility index (Phi) is 4.70. The second kappa shape index (κ2) is 5.82. The van der Waals surface area contributed by atoms with E-state index in [2.05, 4.69) is 5.32 Å². The monoisotopic (exact) mass is 235 g/mol. The molecule has 0 bridgehead atoms. The molecule has 0 aliphatic heterocycles. The first-order valence-corrected chi connectivity index (χ1v) is 5.96. The quantitative estimate of drug-likeness (QED) is 0.839. The molecular weight excluding hydrogens is 214 g/mol. The normalized spacial score (nSPS) is 12.6. The zero-order chi connectivity index (χ0) is 13.0. The first kappa shape index (κ1) is 13.7. The van der Waals surface area contributed by atoms with Crippen LogP contribution in [-0.2, 0) is 0 Å². The summed E-state index contributed by atoms with van der Waals surface area (Å²) in [7, 11) is 0. The first-order valence-electron chi connectivity index (χ1n) is 5.96. The van der Waals surface area contributed by atoms with Crippen molar-refractivity contribution in [2.24, 2.45) is 5.92 Å². The van der Waals surface area contributed by atoms with Gasteiger partial charge in [-0.1, -0.05) is 26.0 Å². The lowest BCUT2D eigenvalue weighted by Gasteiger charge is -2.16. The van der Waals surface area contributed by atoms with Crippen LogP contribution in [0.5, 0.6) is 0 Å². The maximum absolute atomic E-state index is 11.9. The number of hydrogen-bond acceptors (Lipinski definition) is 2. The molecule has 1 unspecified atom stereocenters. The Morgan fingerprint density at radius 3 is 2.59 bits per heavy atom. The predicted molar refractivity (Wildman–Crippen MR) is 69.1 cm³/mol. The number of aliphatic hydroxyl groups is 1. The van der Waals surface area contributed by atoms with Crippen LogP contribution in [0.25, 0.3) is 0 Å². The summed E-state index contributed by atoms with van der Waals surface area (Å²) in [4.78, 5) is 11.9. The van der Waals surface area contributed by atoms with Crippen molar-refractivity contribution in [3.05, 3.63) is 34.9 Å². The molecule has 0 aliphatic rings. The predicted octanol–water partition coefficient (Wildman–Crippen LogP) is 2.05. The molecule has 1 aromatic carbocycles. The summed E-state index contributed by atoms with van der Waals surface area (Å²) in [5, 5.41) is 12.4. The van der Waals surface area contributed by atoms with Crippen LogP contribution >= 0.6 is 0 Å². The van der Waals surface area contributed by atoms with Crippen molar-refractivity contribution >= 4 is 5.91 Å². The van der Waals surface area contributed by atoms with E-state index in [0.717, 1.165) is 11.1 Å². The molecule has 2 N–H and O–H groups in total. The molecule has 94 valence electrons. The second-order valence-electron chi connectivity index (χ2n) is 4.77. The summed E-state index contributed by atoms with van der Waals surface area (Å²) in [5.41, 5.74) is 2.77. The highest BCUT2D eigenvalue weighted by molar-refractivity contribution is 5.95. The molecule has 0 aromatic heterocycles. The zero-order valence-electron chi connectivity index (χ0n) is 10.9. The SMILES string of the molecule is Cc1cccc(C(=O)NCC(O)C(C)C)c1C. The Bertz CT molecular complexity index is 399. The number of amides is 1. The molecule has 1 aromatic rings. The van der Waals surface area contributed by atoms with Gasteiger partial charge in [-0.15, -0.1) is 0 Å². The second-order valence-corrected chi connectivity index (χ2v) is 4.77. The molecule has 0 heterocycles. The average molecular weight is 235 g/mol. The van der Waals surface area contributed by atoms with Gasteiger partial charge >= 0.3 is 0 Å². The van der Waals surface area contributed by atoms with Gasteiger partial charge in [0, 0.05) is 12.1 Å². The van der Waals surface area contributed by atoms with E-state index in [0.29, 0.717) is 12.1 Å². The number of carbonyl (C=O) groups is 1. The van der Waals surface area contributed by atoms with E-state index in [1.165, 1.54) is 0 Å². The number of benzene rings is 1. The van der Waals surface area contributed by atoms with E-state index in [1.54, 1.807) is 6.07 Å². The highest BCUT2D eigenvalue weighted by Gasteiger charge is 2.13. The molecule has 1 rings (SSSR count). The fraction of sp³-hybridized carbons (Fsp3) is 0.500. The Balaban J connectivity index is 2.68. The minimum atomic E-state index is -0.496. The molecular formula is C14H21NO2. The minimum Gasteiger partial charge on any atom is -0.391 e. The van der Waals surface area contributed by atoms with Gasteiger partial charge in [0.25, 0.3) is 5.91 Å². The first-order chi connectivity index (χ1) is 7.93. The Morgan fingerprint density at radius 2 is 2.00 bits per heavy atom. The van der Waals surface area contributed by atoms with Gasteiger partial charge in [0.1, 0.15) is 0 Å². The van der Waals surface area contributed by atoms with Crippen molar-refractivity contribution in [1.29, 1.82) is 0 Å². The van der Waals surface area contributed by atoms with Gasteiger partial charge in [-0.3, -0.25) is 4.79 Å². The molecule has 0 saturated carbocycles. The van der Waals surface area contributed by atoms with E-state index in [1.807, 2.05) is 39.8 Å². The van der Waals surface area contributed by atoms with Crippen LogP contribution in [-0.4, -0.2) is 23.7 Å². The van der Waals surface area contributed by atoms with Crippen molar-refractivity contribution in [3.63, 3.8) is 0 Å². The van der Waals surface area contributed by atoms with Crippen molar-refractivity contribution in [1.82, 2.24) is 5.32 Å². The van der Waals surface area contributed by atoms with Gasteiger partial charge in [0.05, 0.1) is 6.10 Å². The van der Waals surface area contributed by atoms with E-state index in [-0.39, 0.29) is 11.8 Å². The molecule has 1 amide bonds. The average Bonchev–Trinajstić information content (AvgIpc) is 2.29. The van der Waals surface area contributed by atoms with E-state index in [4.69, 9.17) is 0 Å². The van der Waals surface area contributed by atoms with Gasteiger partial charge in [0.15, 0.2) is 0 Å². The molecule has 17 heavy (non-hydrogen) atoms.